The second kappa shape index (κ2) is 5.13. The van der Waals surface area contributed by atoms with E-state index in [9.17, 15) is 0 Å². The lowest BCUT2D eigenvalue weighted by Crippen LogP contribution is -1.99. The van der Waals surface area contributed by atoms with Crippen molar-refractivity contribution in [3.8, 4) is 0 Å². The first-order chi connectivity index (χ1) is 5.43. The topological polar surface area (TPSA) is 24.9 Å². The molecule has 0 saturated heterocycles. The molecule has 0 unspecified atom stereocenters. The molecule has 1 aromatic rings. The van der Waals surface area contributed by atoms with Crippen LogP contribution >= 0.6 is 11.3 Å². The van der Waals surface area contributed by atoms with E-state index < -0.39 is 0 Å². The molecule has 0 aliphatic rings. The summed E-state index contributed by atoms with van der Waals surface area (Å²) in [6, 6.07) is 0. The Morgan fingerprint density at radius 1 is 1.55 bits per heavy atom. The van der Waals surface area contributed by atoms with Crippen molar-refractivity contribution < 1.29 is 0 Å². The van der Waals surface area contributed by atoms with Crippen LogP contribution in [-0.4, -0.2) is 11.5 Å². The summed E-state index contributed by atoms with van der Waals surface area (Å²) in [5, 5.41) is 6.24. The van der Waals surface area contributed by atoms with Gasteiger partial charge in [-0.15, -0.1) is 11.3 Å². The third kappa shape index (κ3) is 3.37. The van der Waals surface area contributed by atoms with Gasteiger partial charge in [-0.2, -0.15) is 0 Å². The largest absolute Gasteiger partial charge is 0.362 e. The van der Waals surface area contributed by atoms with Crippen LogP contribution in [0.15, 0.2) is 11.6 Å². The van der Waals surface area contributed by atoms with E-state index in [-0.39, 0.29) is 0 Å². The highest BCUT2D eigenvalue weighted by molar-refractivity contribution is 7.13. The fourth-order valence-electron chi connectivity index (χ4n) is 0.808. The van der Waals surface area contributed by atoms with Gasteiger partial charge >= 0.3 is 0 Å². The number of unbranched alkanes of at least 4 members (excludes halogenated alkanes) is 2. The quantitative estimate of drug-likeness (QED) is 0.685. The number of nitrogens with zero attached hydrogens (tertiary/aromatic N) is 1. The van der Waals surface area contributed by atoms with Crippen LogP contribution in [0.5, 0.6) is 0 Å². The van der Waals surface area contributed by atoms with E-state index in [4.69, 9.17) is 0 Å². The Morgan fingerprint density at radius 3 is 3.09 bits per heavy atom. The van der Waals surface area contributed by atoms with Crippen LogP contribution in [0.4, 0.5) is 5.13 Å². The highest BCUT2D eigenvalue weighted by atomic mass is 32.1. The monoisotopic (exact) mass is 169 g/mol. The normalized spacial score (nSPS) is 9.91. The van der Waals surface area contributed by atoms with Crippen molar-refractivity contribution in [1.82, 2.24) is 4.98 Å². The van der Waals surface area contributed by atoms with Crippen molar-refractivity contribution in [2.45, 2.75) is 19.3 Å². The van der Waals surface area contributed by atoms with E-state index in [0.717, 1.165) is 18.1 Å². The highest BCUT2D eigenvalue weighted by Gasteiger charge is 1.91. The van der Waals surface area contributed by atoms with Gasteiger partial charge < -0.3 is 5.32 Å². The molecule has 1 rings (SSSR count). The molecule has 1 N–H and O–H groups in total. The van der Waals surface area contributed by atoms with Crippen molar-refractivity contribution in [2.75, 3.05) is 11.9 Å². The van der Waals surface area contributed by atoms with Crippen molar-refractivity contribution in [3.63, 3.8) is 0 Å². The molecule has 3 heteroatoms. The summed E-state index contributed by atoms with van der Waals surface area (Å²) in [4.78, 5) is 4.11. The Balaban J connectivity index is 2.04. The molecule has 0 fully saturated rings. The minimum atomic E-state index is 1.02. The van der Waals surface area contributed by atoms with Crippen LogP contribution < -0.4 is 5.32 Å². The SMILES string of the molecule is [CH2]CCCCNc1nccs1. The van der Waals surface area contributed by atoms with E-state index >= 15 is 0 Å². The minimum absolute atomic E-state index is 1.02. The number of anilines is 1. The van der Waals surface area contributed by atoms with Crippen molar-refractivity contribution in [2.24, 2.45) is 0 Å². The fraction of sp³-hybridized carbons (Fsp3) is 0.500. The average molecular weight is 169 g/mol. The highest BCUT2D eigenvalue weighted by Crippen LogP contribution is 2.09. The molecule has 1 heterocycles. The molecule has 0 amide bonds. The van der Waals surface area contributed by atoms with Crippen LogP contribution in [0.3, 0.4) is 0 Å². The average Bonchev–Trinajstić information content (AvgIpc) is 2.50. The summed E-state index contributed by atoms with van der Waals surface area (Å²) in [5.41, 5.74) is 0. The molecule has 11 heavy (non-hydrogen) atoms. The number of hydrogen-bond donors (Lipinski definition) is 1. The molecular formula is C8H13N2S. The lowest BCUT2D eigenvalue weighted by molar-refractivity contribution is 0.776. The van der Waals surface area contributed by atoms with Crippen molar-refractivity contribution in [1.29, 1.82) is 0 Å². The smallest absolute Gasteiger partial charge is 0.182 e. The van der Waals surface area contributed by atoms with E-state index in [2.05, 4.69) is 17.2 Å². The fourth-order valence-corrected chi connectivity index (χ4v) is 1.37. The van der Waals surface area contributed by atoms with Crippen LogP contribution in [0.2, 0.25) is 0 Å². The van der Waals surface area contributed by atoms with Crippen molar-refractivity contribution in [3.05, 3.63) is 18.5 Å². The van der Waals surface area contributed by atoms with Gasteiger partial charge in [0.05, 0.1) is 0 Å². The molecule has 0 spiro atoms. The lowest BCUT2D eigenvalue weighted by Gasteiger charge is -1.99. The molecule has 0 atom stereocenters. The van der Waals surface area contributed by atoms with E-state index in [1.165, 1.54) is 12.8 Å². The van der Waals surface area contributed by atoms with Crippen LogP contribution in [0.25, 0.3) is 0 Å². The van der Waals surface area contributed by atoms with Crippen LogP contribution in [0.1, 0.15) is 19.3 Å². The summed E-state index contributed by atoms with van der Waals surface area (Å²) in [6.45, 7) is 4.80. The summed E-state index contributed by atoms with van der Waals surface area (Å²) >= 11 is 1.64. The molecule has 2 nitrogen and oxygen atoms in total. The van der Waals surface area contributed by atoms with Gasteiger partial charge in [0.2, 0.25) is 0 Å². The summed E-state index contributed by atoms with van der Waals surface area (Å²) in [5.74, 6) is 0. The number of nitrogens with one attached hydrogen (secondary N) is 1. The molecule has 0 aliphatic heterocycles. The van der Waals surface area contributed by atoms with Gasteiger partial charge in [-0.1, -0.05) is 19.8 Å². The molecule has 1 aromatic heterocycles. The Kier molecular flexibility index (Phi) is 3.98. The molecule has 0 aromatic carbocycles. The molecule has 1 radical (unpaired) electrons. The Morgan fingerprint density at radius 2 is 2.45 bits per heavy atom. The molecular weight excluding hydrogens is 156 g/mol. The van der Waals surface area contributed by atoms with Crippen LogP contribution in [0, 0.1) is 6.92 Å². The molecule has 61 valence electrons. The zero-order chi connectivity index (χ0) is 7.94. The van der Waals surface area contributed by atoms with Crippen molar-refractivity contribution >= 4 is 16.5 Å². The first kappa shape index (κ1) is 8.53. The third-order valence-corrected chi connectivity index (χ3v) is 2.12. The van der Waals surface area contributed by atoms with E-state index in [1.807, 2.05) is 11.6 Å². The molecule has 0 saturated carbocycles. The maximum Gasteiger partial charge on any atom is 0.182 e. The lowest BCUT2D eigenvalue weighted by atomic mass is 10.2. The van der Waals surface area contributed by atoms with Gasteiger partial charge in [-0.3, -0.25) is 0 Å². The van der Waals surface area contributed by atoms with Gasteiger partial charge in [0.25, 0.3) is 0 Å². The standard InChI is InChI=1S/C8H13N2S/c1-2-3-4-5-9-8-10-6-7-11-8/h6-7H,1-5H2,(H,9,10). The number of aromatic nitrogens is 1. The Bertz CT molecular complexity index is 172. The predicted octanol–water partition coefficient (Wildman–Crippen LogP) is 2.56. The molecule has 0 bridgehead atoms. The van der Waals surface area contributed by atoms with Gasteiger partial charge in [-0.25, -0.2) is 4.98 Å². The predicted molar refractivity (Wildman–Crippen MR) is 49.8 cm³/mol. The summed E-state index contributed by atoms with van der Waals surface area (Å²) < 4.78 is 0. The van der Waals surface area contributed by atoms with Gasteiger partial charge in [0, 0.05) is 18.1 Å². The van der Waals surface area contributed by atoms with Gasteiger partial charge in [0.15, 0.2) is 5.13 Å². The first-order valence-electron chi connectivity index (χ1n) is 3.86. The van der Waals surface area contributed by atoms with Gasteiger partial charge in [0.1, 0.15) is 0 Å². The zero-order valence-electron chi connectivity index (χ0n) is 6.55. The Hall–Kier alpha value is -0.570. The summed E-state index contributed by atoms with van der Waals surface area (Å²) in [7, 11) is 0. The maximum absolute atomic E-state index is 4.11. The second-order valence-corrected chi connectivity index (χ2v) is 3.22. The number of thiazole rings is 1. The minimum Gasteiger partial charge on any atom is -0.362 e. The number of rotatable bonds is 5. The molecule has 0 aliphatic carbocycles. The van der Waals surface area contributed by atoms with E-state index in [1.54, 1.807) is 11.3 Å². The second-order valence-electron chi connectivity index (χ2n) is 2.32. The Labute approximate surface area is 71.7 Å². The van der Waals surface area contributed by atoms with Gasteiger partial charge in [-0.05, 0) is 6.42 Å². The van der Waals surface area contributed by atoms with E-state index in [0.29, 0.717) is 0 Å². The zero-order valence-corrected chi connectivity index (χ0v) is 7.36. The maximum atomic E-state index is 4.11. The third-order valence-electron chi connectivity index (χ3n) is 1.39. The summed E-state index contributed by atoms with van der Waals surface area (Å²) in [6.07, 6.45) is 5.22. The number of hydrogen-bond acceptors (Lipinski definition) is 3. The first-order valence-corrected chi connectivity index (χ1v) is 4.74. The van der Waals surface area contributed by atoms with Crippen LogP contribution in [-0.2, 0) is 0 Å².